The number of hydrogen-bond donors (Lipinski definition) is 1. The Hall–Kier alpha value is -1.61. The highest BCUT2D eigenvalue weighted by Crippen LogP contribution is 2.22. The van der Waals surface area contributed by atoms with Crippen LogP contribution in [0.3, 0.4) is 0 Å². The average Bonchev–Trinajstić information content (AvgIpc) is 2.17. The minimum atomic E-state index is -0.196. The summed E-state index contributed by atoms with van der Waals surface area (Å²) in [5.74, 6) is 0. The Labute approximate surface area is 91.7 Å². The third kappa shape index (κ3) is 2.07. The van der Waals surface area contributed by atoms with E-state index in [0.29, 0.717) is 5.02 Å². The van der Waals surface area contributed by atoms with Crippen LogP contribution >= 0.6 is 11.6 Å². The number of rotatable bonds is 1. The fraction of sp³-hybridized carbons (Fsp3) is 0.0909. The molecule has 0 aliphatic heterocycles. The average molecular weight is 221 g/mol. The number of nitrogens with zero attached hydrogens (tertiary/aromatic N) is 1. The molecular formula is C11H9ClN2O. The van der Waals surface area contributed by atoms with Crippen molar-refractivity contribution in [3.63, 3.8) is 0 Å². The summed E-state index contributed by atoms with van der Waals surface area (Å²) in [6, 6.07) is 8.88. The predicted octanol–water partition coefficient (Wildman–Crippen LogP) is 2.40. The monoisotopic (exact) mass is 220 g/mol. The van der Waals surface area contributed by atoms with E-state index in [0.717, 1.165) is 16.8 Å². The number of halogens is 1. The minimum absolute atomic E-state index is 0.196. The lowest BCUT2D eigenvalue weighted by Gasteiger charge is -2.03. The first kappa shape index (κ1) is 9.93. The third-order valence-electron chi connectivity index (χ3n) is 2.10. The normalized spacial score (nSPS) is 10.3. The molecule has 0 unspecified atom stereocenters. The molecule has 0 aliphatic carbocycles. The Kier molecular flexibility index (Phi) is 2.56. The minimum Gasteiger partial charge on any atom is -0.268 e. The van der Waals surface area contributed by atoms with Gasteiger partial charge in [0.15, 0.2) is 0 Å². The van der Waals surface area contributed by atoms with E-state index in [-0.39, 0.29) is 5.56 Å². The zero-order chi connectivity index (χ0) is 10.8. The zero-order valence-electron chi connectivity index (χ0n) is 8.12. The van der Waals surface area contributed by atoms with E-state index in [1.165, 1.54) is 6.07 Å². The summed E-state index contributed by atoms with van der Waals surface area (Å²) in [6.07, 6.45) is 0. The fourth-order valence-electron chi connectivity index (χ4n) is 1.42. The molecule has 3 nitrogen and oxygen atoms in total. The van der Waals surface area contributed by atoms with Crippen LogP contribution in [0.1, 0.15) is 5.56 Å². The van der Waals surface area contributed by atoms with E-state index >= 15 is 0 Å². The number of aryl methyl sites for hydroxylation is 1. The van der Waals surface area contributed by atoms with Crippen molar-refractivity contribution in [1.82, 2.24) is 10.2 Å². The van der Waals surface area contributed by atoms with Crippen LogP contribution in [0, 0.1) is 6.92 Å². The molecule has 0 spiro atoms. The van der Waals surface area contributed by atoms with Gasteiger partial charge in [0.2, 0.25) is 0 Å². The Balaban J connectivity index is 2.59. The van der Waals surface area contributed by atoms with Gasteiger partial charge < -0.3 is 0 Å². The topological polar surface area (TPSA) is 45.8 Å². The molecular weight excluding hydrogens is 212 g/mol. The Morgan fingerprint density at radius 1 is 1.33 bits per heavy atom. The standard InChI is InChI=1S/C11H9ClN2O/c1-7-5-10(15)13-14-11(7)8-3-2-4-9(12)6-8/h2-6H,1H3,(H,13,15). The Morgan fingerprint density at radius 3 is 2.80 bits per heavy atom. The first-order valence-electron chi connectivity index (χ1n) is 4.49. The number of nitrogens with one attached hydrogen (secondary N) is 1. The number of hydrogen-bond acceptors (Lipinski definition) is 2. The first-order chi connectivity index (χ1) is 7.16. The summed E-state index contributed by atoms with van der Waals surface area (Å²) in [5, 5.41) is 7.06. The molecule has 4 heteroatoms. The van der Waals surface area contributed by atoms with Crippen molar-refractivity contribution in [2.45, 2.75) is 6.92 Å². The van der Waals surface area contributed by atoms with Crippen LogP contribution in [-0.4, -0.2) is 10.2 Å². The van der Waals surface area contributed by atoms with Gasteiger partial charge in [-0.25, -0.2) is 5.10 Å². The van der Waals surface area contributed by atoms with Gasteiger partial charge in [0.1, 0.15) is 0 Å². The molecule has 1 aromatic heterocycles. The van der Waals surface area contributed by atoms with E-state index in [9.17, 15) is 4.79 Å². The van der Waals surface area contributed by atoms with Gasteiger partial charge in [0.25, 0.3) is 5.56 Å². The molecule has 2 rings (SSSR count). The molecule has 0 amide bonds. The third-order valence-corrected chi connectivity index (χ3v) is 2.33. The zero-order valence-corrected chi connectivity index (χ0v) is 8.88. The number of H-pyrrole nitrogens is 1. The van der Waals surface area contributed by atoms with Gasteiger partial charge >= 0.3 is 0 Å². The van der Waals surface area contributed by atoms with Crippen LogP contribution in [0.5, 0.6) is 0 Å². The molecule has 0 atom stereocenters. The molecule has 0 bridgehead atoms. The molecule has 1 aromatic carbocycles. The fourth-order valence-corrected chi connectivity index (χ4v) is 1.61. The van der Waals surface area contributed by atoms with Gasteiger partial charge in [0.05, 0.1) is 5.69 Å². The quantitative estimate of drug-likeness (QED) is 0.802. The van der Waals surface area contributed by atoms with Gasteiger partial charge in [0, 0.05) is 16.7 Å². The lowest BCUT2D eigenvalue weighted by molar-refractivity contribution is 0.981. The van der Waals surface area contributed by atoms with Gasteiger partial charge in [-0.05, 0) is 24.6 Å². The summed E-state index contributed by atoms with van der Waals surface area (Å²) in [7, 11) is 0. The molecule has 0 radical (unpaired) electrons. The van der Waals surface area contributed by atoms with Crippen LogP contribution in [-0.2, 0) is 0 Å². The van der Waals surface area contributed by atoms with E-state index < -0.39 is 0 Å². The summed E-state index contributed by atoms with van der Waals surface area (Å²) in [6.45, 7) is 1.85. The van der Waals surface area contributed by atoms with Crippen molar-refractivity contribution in [2.75, 3.05) is 0 Å². The molecule has 0 saturated heterocycles. The summed E-state index contributed by atoms with van der Waals surface area (Å²) in [4.78, 5) is 11.0. The molecule has 1 heterocycles. The van der Waals surface area contributed by atoms with Gasteiger partial charge in [-0.3, -0.25) is 4.79 Å². The molecule has 0 saturated carbocycles. The van der Waals surface area contributed by atoms with Crippen molar-refractivity contribution in [1.29, 1.82) is 0 Å². The van der Waals surface area contributed by atoms with Gasteiger partial charge in [-0.2, -0.15) is 5.10 Å². The largest absolute Gasteiger partial charge is 0.268 e. The first-order valence-corrected chi connectivity index (χ1v) is 4.87. The van der Waals surface area contributed by atoms with Crippen molar-refractivity contribution in [3.05, 3.63) is 51.3 Å². The number of benzene rings is 1. The maximum atomic E-state index is 11.0. The summed E-state index contributed by atoms with van der Waals surface area (Å²) < 4.78 is 0. The van der Waals surface area contributed by atoms with Crippen LogP contribution in [0.2, 0.25) is 5.02 Å². The SMILES string of the molecule is Cc1cc(=O)[nH]nc1-c1cccc(Cl)c1. The maximum Gasteiger partial charge on any atom is 0.264 e. The summed E-state index contributed by atoms with van der Waals surface area (Å²) in [5.41, 5.74) is 2.28. The number of aromatic amines is 1. The molecule has 2 aromatic rings. The Morgan fingerprint density at radius 2 is 2.13 bits per heavy atom. The smallest absolute Gasteiger partial charge is 0.264 e. The molecule has 15 heavy (non-hydrogen) atoms. The predicted molar refractivity (Wildman–Crippen MR) is 60.0 cm³/mol. The van der Waals surface area contributed by atoms with Crippen molar-refractivity contribution in [3.8, 4) is 11.3 Å². The lowest BCUT2D eigenvalue weighted by Crippen LogP contribution is -2.08. The van der Waals surface area contributed by atoms with E-state index in [4.69, 9.17) is 11.6 Å². The Bertz CT molecular complexity index is 548. The van der Waals surface area contributed by atoms with E-state index in [2.05, 4.69) is 10.2 Å². The van der Waals surface area contributed by atoms with Crippen molar-refractivity contribution >= 4 is 11.6 Å². The molecule has 0 fully saturated rings. The second-order valence-corrected chi connectivity index (χ2v) is 3.71. The van der Waals surface area contributed by atoms with Crippen LogP contribution in [0.25, 0.3) is 11.3 Å². The molecule has 0 aliphatic rings. The van der Waals surface area contributed by atoms with Gasteiger partial charge in [-0.15, -0.1) is 0 Å². The second-order valence-electron chi connectivity index (χ2n) is 3.27. The number of aromatic nitrogens is 2. The van der Waals surface area contributed by atoms with Crippen molar-refractivity contribution in [2.24, 2.45) is 0 Å². The highest BCUT2D eigenvalue weighted by atomic mass is 35.5. The van der Waals surface area contributed by atoms with Crippen molar-refractivity contribution < 1.29 is 0 Å². The highest BCUT2D eigenvalue weighted by Gasteiger charge is 2.04. The van der Waals surface area contributed by atoms with Crippen LogP contribution < -0.4 is 5.56 Å². The molecule has 1 N–H and O–H groups in total. The second kappa shape index (κ2) is 3.87. The molecule has 76 valence electrons. The van der Waals surface area contributed by atoms with Crippen LogP contribution in [0.15, 0.2) is 35.1 Å². The summed E-state index contributed by atoms with van der Waals surface area (Å²) >= 11 is 5.88. The highest BCUT2D eigenvalue weighted by molar-refractivity contribution is 6.30. The van der Waals surface area contributed by atoms with E-state index in [1.807, 2.05) is 25.1 Å². The van der Waals surface area contributed by atoms with E-state index in [1.54, 1.807) is 6.07 Å². The lowest BCUT2D eigenvalue weighted by atomic mass is 10.1. The maximum absolute atomic E-state index is 11.0. The van der Waals surface area contributed by atoms with Gasteiger partial charge in [-0.1, -0.05) is 23.7 Å². The van der Waals surface area contributed by atoms with Crippen LogP contribution in [0.4, 0.5) is 0 Å².